The lowest BCUT2D eigenvalue weighted by atomic mass is 9.71. The van der Waals surface area contributed by atoms with Crippen molar-refractivity contribution < 1.29 is 22.7 Å². The zero-order valence-electron chi connectivity index (χ0n) is 27.4. The molecule has 2 aromatic carbocycles. The van der Waals surface area contributed by atoms with Gasteiger partial charge in [-0.15, -0.1) is 11.3 Å². The first-order chi connectivity index (χ1) is 24.1. The largest absolute Gasteiger partial charge is 0.383 e. The minimum atomic E-state index is -3.91. The average Bonchev–Trinajstić information content (AvgIpc) is 3.79. The van der Waals surface area contributed by atoms with E-state index in [1.54, 1.807) is 0 Å². The zero-order valence-corrected chi connectivity index (χ0v) is 29.1. The summed E-state index contributed by atoms with van der Waals surface area (Å²) in [7, 11) is -3.91. The number of aliphatic hydroxyl groups is 1. The molecule has 50 heavy (non-hydrogen) atoms. The van der Waals surface area contributed by atoms with Crippen LogP contribution in [0.3, 0.4) is 0 Å². The summed E-state index contributed by atoms with van der Waals surface area (Å²) in [6.07, 6.45) is 4.76. The minimum absolute atomic E-state index is 0.0699. The van der Waals surface area contributed by atoms with Crippen molar-refractivity contribution >= 4 is 48.9 Å². The summed E-state index contributed by atoms with van der Waals surface area (Å²) in [6, 6.07) is 16.2. The average molecular weight is 713 g/mol. The minimum Gasteiger partial charge on any atom is -0.383 e. The first-order valence-electron chi connectivity index (χ1n) is 17.0. The van der Waals surface area contributed by atoms with E-state index < -0.39 is 45.3 Å². The second kappa shape index (κ2) is 13.1. The lowest BCUT2D eigenvalue weighted by Crippen LogP contribution is -2.33. The Hall–Kier alpha value is -4.33. The summed E-state index contributed by atoms with van der Waals surface area (Å²) in [4.78, 5) is 32.5. The number of anilines is 2. The van der Waals surface area contributed by atoms with Crippen LogP contribution in [0.15, 0.2) is 71.8 Å². The van der Waals surface area contributed by atoms with E-state index in [4.69, 9.17) is 15.0 Å². The van der Waals surface area contributed by atoms with Crippen LogP contribution in [0.4, 0.5) is 16.2 Å². The molecule has 3 heterocycles. The number of pyridine rings is 1. The molecule has 8 rings (SSSR count). The number of aryl methyl sites for hydroxylation is 1. The molecular formula is C37H37FN6O4S2. The van der Waals surface area contributed by atoms with E-state index in [-0.39, 0.29) is 11.3 Å². The molecule has 0 aliphatic heterocycles. The third kappa shape index (κ3) is 6.49. The van der Waals surface area contributed by atoms with E-state index >= 15 is 0 Å². The van der Waals surface area contributed by atoms with Crippen LogP contribution in [0, 0.1) is 24.6 Å². The lowest BCUT2D eigenvalue weighted by Gasteiger charge is -2.35. The number of sulfone groups is 1. The van der Waals surface area contributed by atoms with Crippen LogP contribution in [0.5, 0.6) is 0 Å². The molecule has 3 atom stereocenters. The zero-order chi connectivity index (χ0) is 34.6. The highest BCUT2D eigenvalue weighted by atomic mass is 32.2. The van der Waals surface area contributed by atoms with Crippen molar-refractivity contribution in [2.45, 2.75) is 67.9 Å². The normalized spacial score (nSPS) is 23.6. The highest BCUT2D eigenvalue weighted by molar-refractivity contribution is 7.91. The Morgan fingerprint density at radius 2 is 1.72 bits per heavy atom. The van der Waals surface area contributed by atoms with Gasteiger partial charge in [-0.1, -0.05) is 30.3 Å². The summed E-state index contributed by atoms with van der Waals surface area (Å²) in [5, 5.41) is 18.5. The number of rotatable bonds is 11. The summed E-state index contributed by atoms with van der Waals surface area (Å²) in [5.41, 5.74) is 4.55. The van der Waals surface area contributed by atoms with Crippen LogP contribution < -0.4 is 10.6 Å². The summed E-state index contributed by atoms with van der Waals surface area (Å²) in [5.74, 6) is -0.300. The number of hydrogen-bond acceptors (Lipinski definition) is 11. The van der Waals surface area contributed by atoms with Crippen LogP contribution in [0.25, 0.3) is 20.8 Å². The van der Waals surface area contributed by atoms with Gasteiger partial charge in [0.25, 0.3) is 0 Å². The quantitative estimate of drug-likeness (QED) is 0.134. The molecule has 13 heteroatoms. The van der Waals surface area contributed by atoms with Gasteiger partial charge in [0.05, 0.1) is 38.3 Å². The molecule has 3 saturated carbocycles. The Morgan fingerprint density at radius 3 is 2.46 bits per heavy atom. The number of hydrogen-bond donors (Lipinski definition) is 3. The van der Waals surface area contributed by atoms with E-state index in [1.165, 1.54) is 29.0 Å². The van der Waals surface area contributed by atoms with Gasteiger partial charge in [-0.2, -0.15) is 4.98 Å². The molecule has 258 valence electrons. The Kier molecular flexibility index (Phi) is 8.60. The van der Waals surface area contributed by atoms with Gasteiger partial charge in [0, 0.05) is 24.6 Å². The molecule has 3 aliphatic carbocycles. The predicted octanol–water partition coefficient (Wildman–Crippen LogP) is 6.28. The van der Waals surface area contributed by atoms with E-state index in [0.29, 0.717) is 52.3 Å². The van der Waals surface area contributed by atoms with Gasteiger partial charge in [0.15, 0.2) is 15.6 Å². The number of halogens is 1. The van der Waals surface area contributed by atoms with Crippen LogP contribution in [0.1, 0.15) is 60.9 Å². The fourth-order valence-electron chi connectivity index (χ4n) is 7.24. The van der Waals surface area contributed by atoms with E-state index in [0.717, 1.165) is 53.7 Å². The molecule has 10 nitrogen and oxygen atoms in total. The van der Waals surface area contributed by atoms with Gasteiger partial charge in [-0.05, 0) is 86.8 Å². The molecule has 3 fully saturated rings. The van der Waals surface area contributed by atoms with Crippen molar-refractivity contribution in [3.05, 3.63) is 89.6 Å². The monoisotopic (exact) mass is 712 g/mol. The highest BCUT2D eigenvalue weighted by Gasteiger charge is 2.44. The van der Waals surface area contributed by atoms with Gasteiger partial charge >= 0.3 is 0 Å². The standard InChI is InChI=1S/C37H37FN6O4S2/c1-20-30(36-43-32-29(49-36)13-14-39-31(32)23-7-8-23)35(44-37(41-20)40-18-21-15-24(16-21)22-5-3-2-4-6-22)42-28-17-25(33(45)34(28)46)19-50(47,48)27-11-9-26(38)10-12-27/h2-6,9-14,21,23-25,28,34,46H,7-8,15-19H2,1H3,(H2,40,41,42,44)/t21?,24?,25-,28?,34+/m1/s1. The molecular weight excluding hydrogens is 676 g/mol. The van der Waals surface area contributed by atoms with Gasteiger partial charge in [0.2, 0.25) is 5.95 Å². The van der Waals surface area contributed by atoms with Crippen LogP contribution >= 0.6 is 11.3 Å². The van der Waals surface area contributed by atoms with Crippen LogP contribution in [0.2, 0.25) is 0 Å². The Bertz CT molecular complexity index is 2170. The Balaban J connectivity index is 1.06. The van der Waals surface area contributed by atoms with E-state index in [9.17, 15) is 22.7 Å². The molecule has 0 bridgehead atoms. The number of carbonyl (C=O) groups excluding carboxylic acids is 1. The number of carbonyl (C=O) groups is 1. The molecule has 3 aromatic heterocycles. The molecule has 0 amide bonds. The van der Waals surface area contributed by atoms with Crippen LogP contribution in [-0.2, 0) is 14.6 Å². The predicted molar refractivity (Wildman–Crippen MR) is 191 cm³/mol. The number of Topliss-reactive ketones (excluding diaryl/α,β-unsaturated/α-hetero) is 1. The maximum atomic E-state index is 13.5. The number of nitrogens with one attached hydrogen (secondary N) is 2. The maximum Gasteiger partial charge on any atom is 0.224 e. The number of benzene rings is 2. The van der Waals surface area contributed by atoms with Gasteiger partial charge in [0.1, 0.15) is 28.3 Å². The number of nitrogens with zero attached hydrogens (tertiary/aromatic N) is 4. The molecule has 5 aromatic rings. The van der Waals surface area contributed by atoms with Crippen molar-refractivity contribution in [1.82, 2.24) is 19.9 Å². The Morgan fingerprint density at radius 1 is 0.960 bits per heavy atom. The lowest BCUT2D eigenvalue weighted by molar-refractivity contribution is -0.127. The first-order valence-corrected chi connectivity index (χ1v) is 19.5. The SMILES string of the molecule is Cc1nc(NCC2CC(c3ccccc3)C2)nc(NC2C[C@H](CS(=O)(=O)c3ccc(F)cc3)C(=O)[C@H]2O)c1-c1nc2c(C3CC3)nccc2s1. The second-order valence-electron chi connectivity index (χ2n) is 13.8. The third-order valence-electron chi connectivity index (χ3n) is 10.2. The maximum absolute atomic E-state index is 13.5. The van der Waals surface area contributed by atoms with Crippen LogP contribution in [-0.4, -0.2) is 63.7 Å². The van der Waals surface area contributed by atoms with Crippen molar-refractivity contribution in [3.63, 3.8) is 0 Å². The number of fused-ring (bicyclic) bond motifs is 1. The fourth-order valence-corrected chi connectivity index (χ4v) is 9.88. The number of thiazole rings is 1. The van der Waals surface area contributed by atoms with Gasteiger partial charge in [-0.25, -0.2) is 22.8 Å². The number of aromatic nitrogens is 4. The highest BCUT2D eigenvalue weighted by Crippen LogP contribution is 2.45. The number of aliphatic hydroxyl groups excluding tert-OH is 1. The van der Waals surface area contributed by atoms with Gasteiger partial charge in [-0.3, -0.25) is 9.78 Å². The van der Waals surface area contributed by atoms with E-state index in [1.807, 2.05) is 25.3 Å². The molecule has 0 radical (unpaired) electrons. The molecule has 3 N–H and O–H groups in total. The molecule has 3 aliphatic rings. The van der Waals surface area contributed by atoms with Crippen molar-refractivity contribution in [1.29, 1.82) is 0 Å². The van der Waals surface area contributed by atoms with Gasteiger partial charge < -0.3 is 15.7 Å². The third-order valence-corrected chi connectivity index (χ3v) is 13.1. The fraction of sp³-hybridized carbons (Fsp3) is 0.378. The van der Waals surface area contributed by atoms with Crippen molar-refractivity contribution in [2.24, 2.45) is 11.8 Å². The molecule has 0 saturated heterocycles. The summed E-state index contributed by atoms with van der Waals surface area (Å²) >= 11 is 1.51. The molecule has 1 unspecified atom stereocenters. The second-order valence-corrected chi connectivity index (χ2v) is 16.8. The number of ketones is 1. The Labute approximate surface area is 293 Å². The summed E-state index contributed by atoms with van der Waals surface area (Å²) < 4.78 is 40.8. The first kappa shape index (κ1) is 32.9. The van der Waals surface area contributed by atoms with Crippen molar-refractivity contribution in [2.75, 3.05) is 22.9 Å². The van der Waals surface area contributed by atoms with E-state index in [2.05, 4.69) is 39.9 Å². The smallest absolute Gasteiger partial charge is 0.224 e. The molecule has 0 spiro atoms. The summed E-state index contributed by atoms with van der Waals surface area (Å²) in [6.45, 7) is 2.59. The van der Waals surface area contributed by atoms with Crippen molar-refractivity contribution in [3.8, 4) is 10.6 Å². The topological polar surface area (TPSA) is 147 Å².